The number of nitrogens with zero attached hydrogens (tertiary/aromatic N) is 5. The summed E-state index contributed by atoms with van der Waals surface area (Å²) in [6, 6.07) is 12.5. The Bertz CT molecular complexity index is 1990. The summed E-state index contributed by atoms with van der Waals surface area (Å²) in [5.74, 6) is -1.77. The number of aryl methyl sites for hydroxylation is 1. The van der Waals surface area contributed by atoms with Crippen molar-refractivity contribution in [3.05, 3.63) is 80.2 Å². The van der Waals surface area contributed by atoms with E-state index in [0.29, 0.717) is 53.2 Å². The number of amides is 3. The van der Waals surface area contributed by atoms with Gasteiger partial charge in [-0.3, -0.25) is 24.5 Å². The van der Waals surface area contributed by atoms with Crippen LogP contribution < -0.4 is 25.8 Å². The van der Waals surface area contributed by atoms with Gasteiger partial charge in [0, 0.05) is 64.3 Å². The molecule has 4 aliphatic heterocycles. The third-order valence-corrected chi connectivity index (χ3v) is 12.6. The minimum absolute atomic E-state index is 0.00723. The van der Waals surface area contributed by atoms with Gasteiger partial charge in [-0.05, 0) is 108 Å². The molecule has 0 bridgehead atoms. The lowest BCUT2D eigenvalue weighted by atomic mass is 9.71. The van der Waals surface area contributed by atoms with E-state index in [9.17, 15) is 32.3 Å². The number of halogens is 4. The fraction of sp³-hybridized carbons (Fsp3) is 0.513. The number of hydrogen-bond acceptors (Lipinski definition) is 9. The molecular formula is C39H45BrF3N7O5. The molecule has 1 aromatic heterocycles. The standard InChI is InChI=1S/C39H45BrF3N7O5/c1-47-22-27(19-28(23-47)45-30-21-44-48(2)37(54)34(30)40)24-3-5-25(6-4-24)36(53)50-17-13-38(14-18-50)11-15-49(16-12-38)31-9-7-26(20-32(31)55-39(41,42)43)29-8-10-33(51)46-35(29)52/h3-7,9,20-21,27-29,45H,8,10-19,22-23H2,1-2H3,(H,46,51,52). The van der Waals surface area contributed by atoms with Crippen LogP contribution in [0.1, 0.15) is 78.3 Å². The van der Waals surface area contributed by atoms with E-state index >= 15 is 0 Å². The molecule has 0 aliphatic carbocycles. The predicted molar refractivity (Wildman–Crippen MR) is 203 cm³/mol. The van der Waals surface area contributed by atoms with Gasteiger partial charge < -0.3 is 24.8 Å². The third kappa shape index (κ3) is 8.69. The second-order valence-electron chi connectivity index (χ2n) is 15.5. The zero-order valence-electron chi connectivity index (χ0n) is 30.8. The number of rotatable bonds is 7. The van der Waals surface area contributed by atoms with Gasteiger partial charge in [-0.1, -0.05) is 18.2 Å². The molecule has 4 aliphatic rings. The van der Waals surface area contributed by atoms with Gasteiger partial charge in [-0.25, -0.2) is 4.68 Å². The minimum Gasteiger partial charge on any atom is -0.404 e. The van der Waals surface area contributed by atoms with Gasteiger partial charge in [0.1, 0.15) is 4.47 Å². The van der Waals surface area contributed by atoms with Crippen molar-refractivity contribution in [1.82, 2.24) is 24.9 Å². The smallest absolute Gasteiger partial charge is 0.404 e. The van der Waals surface area contributed by atoms with Crippen molar-refractivity contribution in [2.24, 2.45) is 12.5 Å². The Kier molecular flexibility index (Phi) is 11.0. The van der Waals surface area contributed by atoms with Crippen molar-refractivity contribution < 1.29 is 32.3 Å². The van der Waals surface area contributed by atoms with E-state index in [2.05, 4.69) is 48.3 Å². The van der Waals surface area contributed by atoms with Crippen molar-refractivity contribution in [2.75, 3.05) is 56.5 Å². The molecule has 1 spiro atoms. The zero-order chi connectivity index (χ0) is 39.1. The number of aromatic nitrogens is 2. The SMILES string of the molecule is CN1CC(Nc2cnn(C)c(=O)c2Br)CC(c2ccc(C(=O)N3CCC4(CC3)CCN(c3ccc(C5CCC(=O)NC5=O)cc3OC(F)(F)F)CC4)cc2)C1. The molecule has 12 nitrogen and oxygen atoms in total. The van der Waals surface area contributed by atoms with E-state index in [1.807, 2.05) is 34.1 Å². The molecule has 0 saturated carbocycles. The number of nitrogens with one attached hydrogen (secondary N) is 2. The minimum atomic E-state index is -4.91. The monoisotopic (exact) mass is 827 g/mol. The van der Waals surface area contributed by atoms with Gasteiger partial charge in [0.05, 0.1) is 23.5 Å². The summed E-state index contributed by atoms with van der Waals surface area (Å²) < 4.78 is 46.8. The number of carbonyl (C=O) groups excluding carboxylic acids is 3. The van der Waals surface area contributed by atoms with E-state index in [1.165, 1.54) is 10.7 Å². The quantitative estimate of drug-likeness (QED) is 0.302. The lowest BCUT2D eigenvalue weighted by molar-refractivity contribution is -0.274. The molecule has 55 heavy (non-hydrogen) atoms. The topological polar surface area (TPSA) is 129 Å². The van der Waals surface area contributed by atoms with Crippen LogP contribution in [0, 0.1) is 5.41 Å². The van der Waals surface area contributed by atoms with Crippen LogP contribution in [0.15, 0.2) is 57.9 Å². The van der Waals surface area contributed by atoms with E-state index in [0.717, 1.165) is 50.8 Å². The van der Waals surface area contributed by atoms with Crippen molar-refractivity contribution in [2.45, 2.75) is 69.2 Å². The van der Waals surface area contributed by atoms with E-state index in [-0.39, 0.29) is 47.4 Å². The zero-order valence-corrected chi connectivity index (χ0v) is 32.4. The van der Waals surface area contributed by atoms with Crippen LogP contribution in [0.25, 0.3) is 0 Å². The largest absolute Gasteiger partial charge is 0.573 e. The van der Waals surface area contributed by atoms with E-state index < -0.39 is 24.1 Å². The molecule has 3 aromatic rings. The highest BCUT2D eigenvalue weighted by Gasteiger charge is 2.41. The molecule has 16 heteroatoms. The van der Waals surface area contributed by atoms with Crippen LogP contribution in [0.5, 0.6) is 5.75 Å². The molecule has 4 fully saturated rings. The first-order valence-corrected chi connectivity index (χ1v) is 19.5. The Morgan fingerprint density at radius 3 is 2.31 bits per heavy atom. The number of carbonyl (C=O) groups is 3. The number of likely N-dealkylation sites (N-methyl/N-ethyl adjacent to an activating group) is 1. The van der Waals surface area contributed by atoms with Gasteiger partial charge in [-0.2, -0.15) is 5.10 Å². The number of benzene rings is 2. The van der Waals surface area contributed by atoms with Gasteiger partial charge in [0.2, 0.25) is 11.8 Å². The van der Waals surface area contributed by atoms with Crippen LogP contribution in [-0.2, 0) is 16.6 Å². The normalized spacial score (nSPS) is 23.4. The predicted octanol–water partition coefficient (Wildman–Crippen LogP) is 5.38. The highest BCUT2D eigenvalue weighted by molar-refractivity contribution is 9.10. The third-order valence-electron chi connectivity index (χ3n) is 11.8. The van der Waals surface area contributed by atoms with Crippen molar-refractivity contribution in [3.63, 3.8) is 0 Å². The van der Waals surface area contributed by atoms with Crippen LogP contribution in [0.2, 0.25) is 0 Å². The number of anilines is 2. The second-order valence-corrected chi connectivity index (χ2v) is 16.3. The summed E-state index contributed by atoms with van der Waals surface area (Å²) >= 11 is 3.41. The molecule has 2 N–H and O–H groups in total. The molecule has 3 unspecified atom stereocenters. The lowest BCUT2D eigenvalue weighted by Gasteiger charge is -2.47. The number of alkyl halides is 3. The van der Waals surface area contributed by atoms with Crippen molar-refractivity contribution in [1.29, 1.82) is 0 Å². The highest BCUT2D eigenvalue weighted by atomic mass is 79.9. The van der Waals surface area contributed by atoms with E-state index in [1.54, 1.807) is 25.4 Å². The average molecular weight is 829 g/mol. The molecule has 294 valence electrons. The van der Waals surface area contributed by atoms with Crippen LogP contribution in [0.3, 0.4) is 0 Å². The second kappa shape index (κ2) is 15.6. The average Bonchev–Trinajstić information content (AvgIpc) is 3.15. The van der Waals surface area contributed by atoms with Crippen LogP contribution >= 0.6 is 15.9 Å². The number of piperidine rings is 4. The summed E-state index contributed by atoms with van der Waals surface area (Å²) in [5, 5.41) is 9.89. The summed E-state index contributed by atoms with van der Waals surface area (Å²) in [6.45, 7) is 3.97. The molecule has 7 rings (SSSR count). The molecular weight excluding hydrogens is 783 g/mol. The van der Waals surface area contributed by atoms with Crippen molar-refractivity contribution >= 4 is 45.0 Å². The highest BCUT2D eigenvalue weighted by Crippen LogP contribution is 2.45. The van der Waals surface area contributed by atoms with Gasteiger partial charge in [0.15, 0.2) is 5.75 Å². The van der Waals surface area contributed by atoms with E-state index in [4.69, 9.17) is 0 Å². The number of likely N-dealkylation sites (tertiary alicyclic amines) is 2. The maximum Gasteiger partial charge on any atom is 0.573 e. The van der Waals surface area contributed by atoms with Gasteiger partial charge in [-0.15, -0.1) is 13.2 Å². The molecule has 3 atom stereocenters. The fourth-order valence-electron chi connectivity index (χ4n) is 8.71. The van der Waals surface area contributed by atoms with Crippen LogP contribution in [0.4, 0.5) is 24.5 Å². The summed E-state index contributed by atoms with van der Waals surface area (Å²) in [4.78, 5) is 56.1. The summed E-state index contributed by atoms with van der Waals surface area (Å²) in [7, 11) is 3.69. The molecule has 5 heterocycles. The van der Waals surface area contributed by atoms with Gasteiger partial charge >= 0.3 is 6.36 Å². The Morgan fingerprint density at radius 2 is 1.64 bits per heavy atom. The number of imide groups is 1. The Labute approximate surface area is 325 Å². The molecule has 2 aromatic carbocycles. The molecule has 3 amide bonds. The lowest BCUT2D eigenvalue weighted by Crippen LogP contribution is -2.48. The Morgan fingerprint density at radius 1 is 0.964 bits per heavy atom. The van der Waals surface area contributed by atoms with Crippen molar-refractivity contribution in [3.8, 4) is 5.75 Å². The molecule has 0 radical (unpaired) electrons. The maximum atomic E-state index is 13.6. The Hall–Kier alpha value is -4.44. The van der Waals surface area contributed by atoms with Gasteiger partial charge in [0.25, 0.3) is 11.5 Å². The van der Waals surface area contributed by atoms with Crippen LogP contribution in [-0.4, -0.2) is 96.0 Å². The number of hydrogen-bond donors (Lipinski definition) is 2. The fourth-order valence-corrected chi connectivity index (χ4v) is 9.18. The summed E-state index contributed by atoms with van der Waals surface area (Å²) in [6.07, 6.45) is 1.10. The molecule has 4 saturated heterocycles. The summed E-state index contributed by atoms with van der Waals surface area (Å²) in [5.41, 5.74) is 2.94. The first-order valence-electron chi connectivity index (χ1n) is 18.7. The Balaban J connectivity index is 0.942. The number of ether oxygens (including phenoxy) is 1. The first kappa shape index (κ1) is 38.8. The first-order chi connectivity index (χ1) is 26.2. The maximum absolute atomic E-state index is 13.6.